The van der Waals surface area contributed by atoms with Crippen LogP contribution in [0.3, 0.4) is 0 Å². The molecule has 1 aromatic heterocycles. The second-order valence-corrected chi connectivity index (χ2v) is 7.74. The van der Waals surface area contributed by atoms with Crippen LogP contribution in [0, 0.1) is 12.8 Å². The van der Waals surface area contributed by atoms with Crippen LogP contribution in [0.25, 0.3) is 0 Å². The van der Waals surface area contributed by atoms with Crippen molar-refractivity contribution in [3.05, 3.63) is 53.5 Å². The standard InChI is InChI=1S/C23H32N4O/c1-3-4-8-13-24-23(28)21-17-22(26-18(2)25-21)27-14-11-20(12-15-27)16-19-9-6-5-7-10-19/h5-7,9-10,17,20H,3-4,8,11-16H2,1-2H3,(H,24,28). The second kappa shape index (κ2) is 10.2. The molecule has 0 saturated carbocycles. The monoisotopic (exact) mass is 380 g/mol. The molecule has 0 atom stereocenters. The molecule has 28 heavy (non-hydrogen) atoms. The number of carbonyl (C=O) groups excluding carboxylic acids is 1. The number of hydrogen-bond donors (Lipinski definition) is 1. The third-order valence-corrected chi connectivity index (χ3v) is 5.43. The number of aromatic nitrogens is 2. The largest absolute Gasteiger partial charge is 0.356 e. The predicted octanol–water partition coefficient (Wildman–Crippen LogP) is 4.16. The Hall–Kier alpha value is -2.43. The van der Waals surface area contributed by atoms with Crippen molar-refractivity contribution in [3.63, 3.8) is 0 Å². The van der Waals surface area contributed by atoms with Gasteiger partial charge in [-0.2, -0.15) is 0 Å². The molecule has 3 rings (SSSR count). The van der Waals surface area contributed by atoms with E-state index in [2.05, 4.69) is 57.4 Å². The Kier molecular flexibility index (Phi) is 7.40. The average Bonchev–Trinajstić information content (AvgIpc) is 2.72. The molecule has 5 heteroatoms. The number of nitrogens with zero attached hydrogens (tertiary/aromatic N) is 3. The lowest BCUT2D eigenvalue weighted by atomic mass is 9.90. The van der Waals surface area contributed by atoms with Gasteiger partial charge in [-0.05, 0) is 44.1 Å². The van der Waals surface area contributed by atoms with Crippen LogP contribution in [-0.2, 0) is 6.42 Å². The van der Waals surface area contributed by atoms with Crippen molar-refractivity contribution in [1.82, 2.24) is 15.3 Å². The molecule has 1 aromatic carbocycles. The molecular weight excluding hydrogens is 348 g/mol. The van der Waals surface area contributed by atoms with Gasteiger partial charge in [-0.15, -0.1) is 0 Å². The topological polar surface area (TPSA) is 58.1 Å². The maximum absolute atomic E-state index is 12.4. The number of aryl methyl sites for hydroxylation is 1. The summed E-state index contributed by atoms with van der Waals surface area (Å²) >= 11 is 0. The van der Waals surface area contributed by atoms with Gasteiger partial charge in [-0.1, -0.05) is 50.1 Å². The molecule has 0 unspecified atom stereocenters. The molecule has 0 bridgehead atoms. The summed E-state index contributed by atoms with van der Waals surface area (Å²) < 4.78 is 0. The zero-order valence-electron chi connectivity index (χ0n) is 17.2. The number of benzene rings is 1. The summed E-state index contributed by atoms with van der Waals surface area (Å²) in [4.78, 5) is 23.7. The maximum atomic E-state index is 12.4. The van der Waals surface area contributed by atoms with Crippen molar-refractivity contribution >= 4 is 11.7 Å². The number of piperidine rings is 1. The Labute approximate surface area is 168 Å². The maximum Gasteiger partial charge on any atom is 0.270 e. The average molecular weight is 381 g/mol. The molecule has 150 valence electrons. The summed E-state index contributed by atoms with van der Waals surface area (Å²) in [6, 6.07) is 12.6. The molecule has 1 N–H and O–H groups in total. The first-order valence-electron chi connectivity index (χ1n) is 10.6. The fourth-order valence-electron chi connectivity index (χ4n) is 3.81. The minimum absolute atomic E-state index is 0.0955. The van der Waals surface area contributed by atoms with Crippen LogP contribution in [0.4, 0.5) is 5.82 Å². The summed E-state index contributed by atoms with van der Waals surface area (Å²) in [6.45, 7) is 6.68. The van der Waals surface area contributed by atoms with E-state index in [1.165, 1.54) is 5.56 Å². The van der Waals surface area contributed by atoms with Gasteiger partial charge < -0.3 is 10.2 Å². The Balaban J connectivity index is 1.57. The van der Waals surface area contributed by atoms with E-state index in [9.17, 15) is 4.79 Å². The van der Waals surface area contributed by atoms with Gasteiger partial charge in [-0.25, -0.2) is 9.97 Å². The van der Waals surface area contributed by atoms with E-state index in [0.717, 1.165) is 57.4 Å². The predicted molar refractivity (Wildman–Crippen MR) is 114 cm³/mol. The highest BCUT2D eigenvalue weighted by Gasteiger charge is 2.22. The van der Waals surface area contributed by atoms with Crippen LogP contribution in [0.1, 0.15) is 60.9 Å². The number of anilines is 1. The molecular formula is C23H32N4O. The molecule has 1 amide bonds. The van der Waals surface area contributed by atoms with E-state index in [1.807, 2.05) is 13.0 Å². The smallest absolute Gasteiger partial charge is 0.270 e. The highest BCUT2D eigenvalue weighted by atomic mass is 16.1. The summed E-state index contributed by atoms with van der Waals surface area (Å²) in [6.07, 6.45) is 6.73. The Morgan fingerprint density at radius 1 is 1.14 bits per heavy atom. The number of hydrogen-bond acceptors (Lipinski definition) is 4. The number of rotatable bonds is 8. The highest BCUT2D eigenvalue weighted by Crippen LogP contribution is 2.25. The molecule has 2 heterocycles. The van der Waals surface area contributed by atoms with Crippen molar-refractivity contribution in [1.29, 1.82) is 0 Å². The Bertz CT molecular complexity index is 754. The van der Waals surface area contributed by atoms with Gasteiger partial charge in [-0.3, -0.25) is 4.79 Å². The molecule has 0 radical (unpaired) electrons. The van der Waals surface area contributed by atoms with E-state index in [4.69, 9.17) is 0 Å². The highest BCUT2D eigenvalue weighted by molar-refractivity contribution is 5.92. The molecule has 2 aromatic rings. The number of nitrogens with one attached hydrogen (secondary N) is 1. The summed E-state index contributed by atoms with van der Waals surface area (Å²) in [7, 11) is 0. The van der Waals surface area contributed by atoms with Crippen LogP contribution in [0.2, 0.25) is 0 Å². The van der Waals surface area contributed by atoms with Crippen molar-refractivity contribution in [2.45, 2.75) is 52.4 Å². The summed E-state index contributed by atoms with van der Waals surface area (Å²) in [5.41, 5.74) is 1.89. The molecule has 1 saturated heterocycles. The van der Waals surface area contributed by atoms with E-state index in [1.54, 1.807) is 0 Å². The second-order valence-electron chi connectivity index (χ2n) is 7.74. The minimum atomic E-state index is -0.0955. The van der Waals surface area contributed by atoms with E-state index in [-0.39, 0.29) is 5.91 Å². The number of carbonyl (C=O) groups is 1. The van der Waals surface area contributed by atoms with Crippen LogP contribution in [-0.4, -0.2) is 35.5 Å². The minimum Gasteiger partial charge on any atom is -0.356 e. The van der Waals surface area contributed by atoms with Gasteiger partial charge in [0.05, 0.1) is 0 Å². The van der Waals surface area contributed by atoms with Crippen LogP contribution < -0.4 is 10.2 Å². The lowest BCUT2D eigenvalue weighted by molar-refractivity contribution is 0.0947. The van der Waals surface area contributed by atoms with E-state index in [0.29, 0.717) is 24.0 Å². The number of unbranched alkanes of at least 4 members (excludes halogenated alkanes) is 2. The van der Waals surface area contributed by atoms with Gasteiger partial charge in [0.15, 0.2) is 0 Å². The quantitative estimate of drug-likeness (QED) is 0.699. The lowest BCUT2D eigenvalue weighted by Gasteiger charge is -2.33. The first-order valence-corrected chi connectivity index (χ1v) is 10.6. The molecule has 0 aliphatic carbocycles. The van der Waals surface area contributed by atoms with Crippen LogP contribution >= 0.6 is 0 Å². The van der Waals surface area contributed by atoms with Crippen LogP contribution in [0.15, 0.2) is 36.4 Å². The zero-order valence-corrected chi connectivity index (χ0v) is 17.2. The fourth-order valence-corrected chi connectivity index (χ4v) is 3.81. The molecule has 1 fully saturated rings. The van der Waals surface area contributed by atoms with E-state index < -0.39 is 0 Å². The molecule has 1 aliphatic heterocycles. The van der Waals surface area contributed by atoms with Gasteiger partial charge in [0.1, 0.15) is 17.3 Å². The first-order chi connectivity index (χ1) is 13.7. The van der Waals surface area contributed by atoms with Crippen molar-refractivity contribution in [2.75, 3.05) is 24.5 Å². The van der Waals surface area contributed by atoms with Gasteiger partial charge in [0.25, 0.3) is 5.91 Å². The first kappa shape index (κ1) is 20.3. The summed E-state index contributed by atoms with van der Waals surface area (Å²) in [5.74, 6) is 2.15. The fraction of sp³-hybridized carbons (Fsp3) is 0.522. The number of amides is 1. The molecule has 1 aliphatic rings. The zero-order chi connectivity index (χ0) is 19.8. The third-order valence-electron chi connectivity index (χ3n) is 5.43. The van der Waals surface area contributed by atoms with Crippen molar-refractivity contribution in [2.24, 2.45) is 5.92 Å². The Morgan fingerprint density at radius 2 is 1.89 bits per heavy atom. The Morgan fingerprint density at radius 3 is 2.61 bits per heavy atom. The lowest BCUT2D eigenvalue weighted by Crippen LogP contribution is -2.35. The summed E-state index contributed by atoms with van der Waals surface area (Å²) in [5, 5.41) is 2.98. The van der Waals surface area contributed by atoms with Crippen molar-refractivity contribution in [3.8, 4) is 0 Å². The van der Waals surface area contributed by atoms with Gasteiger partial charge >= 0.3 is 0 Å². The molecule has 0 spiro atoms. The molecule has 5 nitrogen and oxygen atoms in total. The normalized spacial score (nSPS) is 14.9. The SMILES string of the molecule is CCCCCNC(=O)c1cc(N2CCC(Cc3ccccc3)CC2)nc(C)n1. The van der Waals surface area contributed by atoms with Gasteiger partial charge in [0.2, 0.25) is 0 Å². The van der Waals surface area contributed by atoms with Gasteiger partial charge in [0, 0.05) is 25.7 Å². The third kappa shape index (κ3) is 5.78. The van der Waals surface area contributed by atoms with Crippen LogP contribution in [0.5, 0.6) is 0 Å². The van der Waals surface area contributed by atoms with E-state index >= 15 is 0 Å². The van der Waals surface area contributed by atoms with Crippen molar-refractivity contribution < 1.29 is 4.79 Å².